The van der Waals surface area contributed by atoms with Crippen molar-refractivity contribution in [3.63, 3.8) is 0 Å². The second kappa shape index (κ2) is 10.2. The van der Waals surface area contributed by atoms with E-state index in [2.05, 4.69) is 104 Å². The predicted molar refractivity (Wildman–Crippen MR) is 116 cm³/mol. The van der Waals surface area contributed by atoms with E-state index in [0.29, 0.717) is 5.92 Å². The molecule has 0 aliphatic rings. The summed E-state index contributed by atoms with van der Waals surface area (Å²) in [4.78, 5) is 0. The fourth-order valence-corrected chi connectivity index (χ4v) is 3.49. The first-order valence-electron chi connectivity index (χ1n) is 9.82. The van der Waals surface area contributed by atoms with Gasteiger partial charge in [-0.15, -0.1) is 34.5 Å². The third-order valence-corrected chi connectivity index (χ3v) is 5.42. The molecule has 0 N–H and O–H groups in total. The van der Waals surface area contributed by atoms with Crippen LogP contribution < -0.4 is 24.8 Å². The molecular formula is C26H33Cl2Hf-3. The minimum atomic E-state index is 0. The Balaban J connectivity index is 0.00000261. The number of benzene rings is 2. The van der Waals surface area contributed by atoms with Crippen LogP contribution in [0, 0.1) is 0 Å². The summed E-state index contributed by atoms with van der Waals surface area (Å²) in [7, 11) is 0. The first kappa shape index (κ1) is 28.5. The molecule has 0 heterocycles. The average Bonchev–Trinajstić information content (AvgIpc) is 2.97. The predicted octanol–water partition coefficient (Wildman–Crippen LogP) is 1.95. The fourth-order valence-electron chi connectivity index (χ4n) is 3.49. The van der Waals surface area contributed by atoms with E-state index in [1.54, 1.807) is 0 Å². The van der Waals surface area contributed by atoms with Crippen LogP contribution in [0.4, 0.5) is 0 Å². The summed E-state index contributed by atoms with van der Waals surface area (Å²) in [5, 5.41) is 2.73. The quantitative estimate of drug-likeness (QED) is 0.315. The van der Waals surface area contributed by atoms with E-state index in [-0.39, 0.29) is 61.5 Å². The van der Waals surface area contributed by atoms with Gasteiger partial charge in [-0.1, -0.05) is 85.2 Å². The van der Waals surface area contributed by atoms with Crippen molar-refractivity contribution in [2.45, 2.75) is 72.1 Å². The molecule has 0 unspecified atom stereocenters. The monoisotopic (exact) mass is 595 g/mol. The topological polar surface area (TPSA) is 0 Å². The smallest absolute Gasteiger partial charge is 0 e. The van der Waals surface area contributed by atoms with E-state index in [0.717, 1.165) is 0 Å². The first-order valence-corrected chi connectivity index (χ1v) is 9.82. The van der Waals surface area contributed by atoms with Gasteiger partial charge in [0.15, 0.2) is 0 Å². The van der Waals surface area contributed by atoms with Crippen molar-refractivity contribution < 1.29 is 50.7 Å². The average molecular weight is 595 g/mol. The molecule has 3 heteroatoms. The number of halogens is 2. The Hall–Kier alpha value is -0.500. The number of hydrogen-bond acceptors (Lipinski definition) is 0. The summed E-state index contributed by atoms with van der Waals surface area (Å²) in [5.74, 6) is 0.557. The van der Waals surface area contributed by atoms with Gasteiger partial charge in [0.25, 0.3) is 0 Å². The number of hydrogen-bond donors (Lipinski definition) is 0. The zero-order chi connectivity index (χ0) is 19.3. The first-order chi connectivity index (χ1) is 12.0. The van der Waals surface area contributed by atoms with E-state index in [9.17, 15) is 0 Å². The van der Waals surface area contributed by atoms with Crippen LogP contribution in [0.5, 0.6) is 0 Å². The van der Waals surface area contributed by atoms with Gasteiger partial charge >= 0.3 is 0 Å². The van der Waals surface area contributed by atoms with E-state index in [4.69, 9.17) is 0 Å². The molecule has 3 aromatic rings. The van der Waals surface area contributed by atoms with Crippen LogP contribution in [0.15, 0.2) is 48.5 Å². The molecule has 3 aromatic carbocycles. The third-order valence-electron chi connectivity index (χ3n) is 5.42. The maximum Gasteiger partial charge on any atom is 0 e. The Labute approximate surface area is 208 Å². The molecule has 0 amide bonds. The van der Waals surface area contributed by atoms with Crippen molar-refractivity contribution in [1.82, 2.24) is 0 Å². The Kier molecular flexibility index (Phi) is 10.0. The summed E-state index contributed by atoms with van der Waals surface area (Å²) in [6.07, 6.45) is 0. The van der Waals surface area contributed by atoms with E-state index < -0.39 is 0 Å². The maximum atomic E-state index is 2.40. The standard InChI is InChI=1S/C26H33.2ClH.Hf/c1-17(2)19-12-18-10-9-11-23(24(18)15-19)20-13-21(25(3,4)5)16-22(14-20)26(6,7)8;;;/h9-17H,1-8H3;2*1H;/q-1;;;/p-2. The summed E-state index contributed by atoms with van der Waals surface area (Å²) in [6, 6.07) is 18.6. The van der Waals surface area contributed by atoms with Gasteiger partial charge in [-0.2, -0.15) is 6.07 Å². The molecule has 158 valence electrons. The van der Waals surface area contributed by atoms with Gasteiger partial charge in [-0.3, -0.25) is 0 Å². The Bertz CT molecular complexity index is 905. The molecule has 3 rings (SSSR count). The van der Waals surface area contributed by atoms with Crippen LogP contribution in [0.3, 0.4) is 0 Å². The van der Waals surface area contributed by atoms with Gasteiger partial charge < -0.3 is 24.8 Å². The Morgan fingerprint density at radius 1 is 0.759 bits per heavy atom. The number of fused-ring (bicyclic) bond motifs is 1. The third kappa shape index (κ3) is 6.25. The largest absolute Gasteiger partial charge is 1.00 e. The van der Waals surface area contributed by atoms with Gasteiger partial charge in [-0.05, 0) is 33.4 Å². The van der Waals surface area contributed by atoms with Gasteiger partial charge in [0, 0.05) is 25.8 Å². The second-order valence-corrected chi connectivity index (χ2v) is 10.1. The molecule has 0 aliphatic carbocycles. The summed E-state index contributed by atoms with van der Waals surface area (Å²) in [5.41, 5.74) is 7.22. The summed E-state index contributed by atoms with van der Waals surface area (Å²) in [6.45, 7) is 18.4. The molecule has 0 saturated carbocycles. The normalized spacial score (nSPS) is 11.6. The van der Waals surface area contributed by atoms with Crippen molar-refractivity contribution in [1.29, 1.82) is 0 Å². The van der Waals surface area contributed by atoms with Gasteiger partial charge in [0.2, 0.25) is 0 Å². The molecule has 0 atom stereocenters. The molecule has 0 radical (unpaired) electrons. The zero-order valence-electron chi connectivity index (χ0n) is 19.0. The molecule has 0 aromatic heterocycles. The molecule has 0 saturated heterocycles. The van der Waals surface area contributed by atoms with Crippen LogP contribution in [0.2, 0.25) is 0 Å². The van der Waals surface area contributed by atoms with Crippen molar-refractivity contribution in [2.24, 2.45) is 0 Å². The minimum Gasteiger partial charge on any atom is -1.00 e. The van der Waals surface area contributed by atoms with Crippen LogP contribution in [0.25, 0.3) is 21.9 Å². The fraction of sp³-hybridized carbons (Fsp3) is 0.423. The summed E-state index contributed by atoms with van der Waals surface area (Å²) < 4.78 is 0. The molecule has 29 heavy (non-hydrogen) atoms. The Morgan fingerprint density at radius 3 is 1.72 bits per heavy atom. The number of rotatable bonds is 2. The molecule has 0 nitrogen and oxygen atoms in total. The zero-order valence-corrected chi connectivity index (χ0v) is 24.1. The van der Waals surface area contributed by atoms with E-state index in [1.807, 2.05) is 0 Å². The Morgan fingerprint density at radius 2 is 1.28 bits per heavy atom. The van der Waals surface area contributed by atoms with E-state index >= 15 is 0 Å². The van der Waals surface area contributed by atoms with E-state index in [1.165, 1.54) is 38.6 Å². The van der Waals surface area contributed by atoms with Crippen LogP contribution in [-0.4, -0.2) is 0 Å². The van der Waals surface area contributed by atoms with Crippen molar-refractivity contribution in [2.75, 3.05) is 0 Å². The molecule has 0 aliphatic heterocycles. The molecule has 0 fully saturated rings. The van der Waals surface area contributed by atoms with Crippen molar-refractivity contribution in [3.05, 3.63) is 65.2 Å². The minimum absolute atomic E-state index is 0. The SMILES string of the molecule is CC(C)c1cc2c(-c3cc(C(C)(C)C)cc(C(C)(C)C)c3)cccc2[cH-]1.[Cl-].[Cl-].[Hf]. The molecule has 0 spiro atoms. The van der Waals surface area contributed by atoms with Crippen molar-refractivity contribution >= 4 is 10.8 Å². The maximum absolute atomic E-state index is 2.40. The van der Waals surface area contributed by atoms with Gasteiger partial charge in [0.05, 0.1) is 0 Å². The second-order valence-electron chi connectivity index (χ2n) is 10.1. The van der Waals surface area contributed by atoms with Crippen LogP contribution in [-0.2, 0) is 36.7 Å². The van der Waals surface area contributed by atoms with Gasteiger partial charge in [0.1, 0.15) is 0 Å². The molecular weight excluding hydrogens is 562 g/mol. The molecule has 0 bridgehead atoms. The van der Waals surface area contributed by atoms with Crippen LogP contribution >= 0.6 is 0 Å². The summed E-state index contributed by atoms with van der Waals surface area (Å²) >= 11 is 0. The van der Waals surface area contributed by atoms with Crippen molar-refractivity contribution in [3.8, 4) is 11.1 Å². The van der Waals surface area contributed by atoms with Crippen LogP contribution in [0.1, 0.15) is 78.0 Å². The van der Waals surface area contributed by atoms with Gasteiger partial charge in [-0.25, -0.2) is 0 Å².